The number of nitrogens with zero attached hydrogens (tertiary/aromatic N) is 1. The maximum Gasteiger partial charge on any atom is 0.319 e. The molecule has 4 aliphatic rings. The van der Waals surface area contributed by atoms with Crippen molar-refractivity contribution in [2.75, 3.05) is 14.1 Å². The van der Waals surface area contributed by atoms with Gasteiger partial charge in [0.1, 0.15) is 24.1 Å². The SMILES string of the molecule is CC1C(=O)OC2CC3(C)OC3C(OC(=O)Cc3cccs3)C(N(C)C)C3C=C(OC3=O)C21. The Hall–Kier alpha value is -2.23. The van der Waals surface area contributed by atoms with Crippen molar-refractivity contribution < 1.29 is 33.3 Å². The van der Waals surface area contributed by atoms with E-state index in [4.69, 9.17) is 18.9 Å². The van der Waals surface area contributed by atoms with Crippen molar-refractivity contribution in [3.63, 3.8) is 0 Å². The van der Waals surface area contributed by atoms with Crippen LogP contribution in [0.5, 0.6) is 0 Å². The topological polar surface area (TPSA) is 94.7 Å². The molecule has 1 aromatic heterocycles. The minimum absolute atomic E-state index is 0.160. The summed E-state index contributed by atoms with van der Waals surface area (Å²) in [5.41, 5.74) is -0.629. The van der Waals surface area contributed by atoms with Gasteiger partial charge >= 0.3 is 17.9 Å². The van der Waals surface area contributed by atoms with Gasteiger partial charge in [-0.1, -0.05) is 13.0 Å². The van der Waals surface area contributed by atoms with Crippen LogP contribution in [0.15, 0.2) is 29.3 Å². The van der Waals surface area contributed by atoms with Crippen molar-refractivity contribution in [3.05, 3.63) is 34.2 Å². The van der Waals surface area contributed by atoms with Crippen LogP contribution in [0.3, 0.4) is 0 Å². The number of epoxide rings is 1. The van der Waals surface area contributed by atoms with Gasteiger partial charge in [-0.15, -0.1) is 11.3 Å². The van der Waals surface area contributed by atoms with Crippen LogP contribution in [0, 0.1) is 17.8 Å². The number of ether oxygens (including phenoxy) is 4. The molecule has 8 unspecified atom stereocenters. The van der Waals surface area contributed by atoms with Crippen molar-refractivity contribution in [1.29, 1.82) is 0 Å². The molecular weight excluding hydrogens is 434 g/mol. The zero-order valence-electron chi connectivity index (χ0n) is 18.5. The largest absolute Gasteiger partial charge is 0.461 e. The summed E-state index contributed by atoms with van der Waals surface area (Å²) in [5, 5.41) is 1.91. The van der Waals surface area contributed by atoms with E-state index in [1.165, 1.54) is 11.3 Å². The molecule has 2 fully saturated rings. The fourth-order valence-corrected chi connectivity index (χ4v) is 6.08. The maximum absolute atomic E-state index is 13.0. The number of rotatable bonds is 4. The number of carbonyl (C=O) groups excluding carboxylic acids is 3. The second kappa shape index (κ2) is 7.67. The van der Waals surface area contributed by atoms with Crippen LogP contribution in [0.2, 0.25) is 0 Å². The van der Waals surface area contributed by atoms with Crippen LogP contribution in [-0.4, -0.2) is 66.9 Å². The smallest absolute Gasteiger partial charge is 0.319 e. The highest BCUT2D eigenvalue weighted by molar-refractivity contribution is 7.10. The lowest BCUT2D eigenvalue weighted by atomic mass is 9.80. The Balaban J connectivity index is 1.50. The van der Waals surface area contributed by atoms with Gasteiger partial charge in [0.05, 0.1) is 35.8 Å². The number of hydrogen-bond acceptors (Lipinski definition) is 9. The van der Waals surface area contributed by atoms with Crippen molar-refractivity contribution >= 4 is 29.2 Å². The number of esters is 3. The van der Waals surface area contributed by atoms with E-state index in [1.54, 1.807) is 13.0 Å². The first-order chi connectivity index (χ1) is 15.2. The zero-order valence-corrected chi connectivity index (χ0v) is 19.3. The van der Waals surface area contributed by atoms with Gasteiger partial charge in [-0.25, -0.2) is 0 Å². The first kappa shape index (κ1) is 21.6. The lowest BCUT2D eigenvalue weighted by molar-refractivity contribution is -0.157. The minimum atomic E-state index is -0.679. The van der Waals surface area contributed by atoms with Gasteiger partial charge in [-0.2, -0.15) is 0 Å². The Morgan fingerprint density at radius 2 is 2.09 bits per heavy atom. The lowest BCUT2D eigenvalue weighted by Crippen LogP contribution is -2.51. The van der Waals surface area contributed by atoms with E-state index in [1.807, 2.05) is 43.4 Å². The Morgan fingerprint density at radius 3 is 2.78 bits per heavy atom. The molecule has 8 nitrogen and oxygen atoms in total. The minimum Gasteiger partial charge on any atom is -0.461 e. The Morgan fingerprint density at radius 1 is 1.31 bits per heavy atom. The van der Waals surface area contributed by atoms with E-state index in [-0.39, 0.29) is 24.3 Å². The van der Waals surface area contributed by atoms with E-state index >= 15 is 0 Å². The third-order valence-electron chi connectivity index (χ3n) is 7.05. The molecule has 0 saturated carbocycles. The lowest BCUT2D eigenvalue weighted by Gasteiger charge is -2.34. The number of fused-ring (bicyclic) bond motifs is 4. The van der Waals surface area contributed by atoms with Crippen molar-refractivity contribution in [3.8, 4) is 0 Å². The van der Waals surface area contributed by atoms with Gasteiger partial charge in [0, 0.05) is 11.3 Å². The zero-order chi connectivity index (χ0) is 22.8. The summed E-state index contributed by atoms with van der Waals surface area (Å²) in [4.78, 5) is 40.9. The van der Waals surface area contributed by atoms with Crippen LogP contribution in [0.25, 0.3) is 0 Å². The maximum atomic E-state index is 13.0. The fourth-order valence-electron chi connectivity index (χ4n) is 5.39. The molecule has 172 valence electrons. The van der Waals surface area contributed by atoms with Gasteiger partial charge in [0.2, 0.25) is 0 Å². The van der Waals surface area contributed by atoms with Crippen molar-refractivity contribution in [1.82, 2.24) is 4.90 Å². The molecule has 0 aromatic carbocycles. The van der Waals surface area contributed by atoms with Gasteiger partial charge in [0.25, 0.3) is 0 Å². The second-order valence-corrected chi connectivity index (χ2v) is 10.6. The van der Waals surface area contributed by atoms with Crippen LogP contribution >= 0.6 is 11.3 Å². The second-order valence-electron chi connectivity index (χ2n) is 9.53. The van der Waals surface area contributed by atoms with Gasteiger partial charge < -0.3 is 23.8 Å². The van der Waals surface area contributed by atoms with E-state index in [9.17, 15) is 14.4 Å². The molecule has 2 bridgehead atoms. The fraction of sp³-hybridized carbons (Fsp3) is 0.609. The van der Waals surface area contributed by atoms with Gasteiger partial charge in [-0.3, -0.25) is 14.4 Å². The highest BCUT2D eigenvalue weighted by Gasteiger charge is 2.65. The first-order valence-electron chi connectivity index (χ1n) is 10.9. The quantitative estimate of drug-likeness (QED) is 0.381. The summed E-state index contributed by atoms with van der Waals surface area (Å²) in [6.07, 6.45) is 0.838. The average Bonchev–Trinajstić information content (AvgIpc) is 3.05. The summed E-state index contributed by atoms with van der Waals surface area (Å²) in [7, 11) is 3.70. The Labute approximate surface area is 190 Å². The third kappa shape index (κ3) is 3.56. The number of hydrogen-bond donors (Lipinski definition) is 0. The first-order valence-corrected chi connectivity index (χ1v) is 11.8. The molecule has 4 heterocycles. The van der Waals surface area contributed by atoms with E-state index in [2.05, 4.69) is 0 Å². The molecular formula is C23H27NO7S. The highest BCUT2D eigenvalue weighted by Crippen LogP contribution is 2.51. The Kier molecular flexibility index (Phi) is 5.18. The van der Waals surface area contributed by atoms with Crippen LogP contribution < -0.4 is 0 Å². The molecule has 0 spiro atoms. The third-order valence-corrected chi connectivity index (χ3v) is 7.93. The predicted octanol–water partition coefficient (Wildman–Crippen LogP) is 1.93. The van der Waals surface area contributed by atoms with Crippen LogP contribution in [-0.2, 0) is 39.8 Å². The predicted molar refractivity (Wildman–Crippen MR) is 113 cm³/mol. The molecule has 2 saturated heterocycles. The van der Waals surface area contributed by atoms with Gasteiger partial charge in [0.15, 0.2) is 0 Å². The van der Waals surface area contributed by atoms with Crippen LogP contribution in [0.1, 0.15) is 25.1 Å². The summed E-state index contributed by atoms with van der Waals surface area (Å²) >= 11 is 1.49. The van der Waals surface area contributed by atoms with Gasteiger partial charge in [-0.05, 0) is 38.5 Å². The molecule has 1 aliphatic carbocycles. The average molecular weight is 462 g/mol. The molecule has 1 aromatic rings. The number of thiophene rings is 1. The molecule has 0 radical (unpaired) electrons. The number of carbonyl (C=O) groups is 3. The molecule has 0 N–H and O–H groups in total. The van der Waals surface area contributed by atoms with Crippen LogP contribution in [0.4, 0.5) is 0 Å². The Bertz CT molecular complexity index is 973. The summed E-state index contributed by atoms with van der Waals surface area (Å²) < 4.78 is 23.4. The molecule has 8 atom stereocenters. The van der Waals surface area contributed by atoms with E-state index in [0.29, 0.717) is 12.2 Å². The standard InChI is InChI=1S/C23H27NO7S/c1-11-17-14-9-13(22(27)28-14)18(24(3)4)19(30-16(25)8-12-6-5-7-32-12)20-23(2,31-20)10-15(17)29-21(11)26/h5-7,9,11,13,15,17-20H,8,10H2,1-4H3. The normalized spacial score (nSPS) is 40.2. The molecule has 5 rings (SSSR count). The molecule has 32 heavy (non-hydrogen) atoms. The van der Waals surface area contributed by atoms with E-state index in [0.717, 1.165) is 4.88 Å². The molecule has 9 heteroatoms. The monoisotopic (exact) mass is 461 g/mol. The van der Waals surface area contributed by atoms with E-state index < -0.39 is 47.8 Å². The van der Waals surface area contributed by atoms with Crippen molar-refractivity contribution in [2.45, 2.75) is 56.6 Å². The summed E-state index contributed by atoms with van der Waals surface area (Å²) in [6.45, 7) is 3.74. The molecule has 0 amide bonds. The molecule has 3 aliphatic heterocycles. The number of likely N-dealkylation sites (N-methyl/N-ethyl adjacent to an activating group) is 1. The highest BCUT2D eigenvalue weighted by atomic mass is 32.1. The summed E-state index contributed by atoms with van der Waals surface area (Å²) in [5.74, 6) is -1.99. The summed E-state index contributed by atoms with van der Waals surface area (Å²) in [6, 6.07) is 3.31. The van der Waals surface area contributed by atoms with Crippen molar-refractivity contribution in [2.24, 2.45) is 17.8 Å².